The van der Waals surface area contributed by atoms with Crippen LogP contribution in [0.25, 0.3) is 0 Å². The highest BCUT2D eigenvalue weighted by Crippen LogP contribution is 2.11. The van der Waals surface area contributed by atoms with Gasteiger partial charge in [0, 0.05) is 5.33 Å². The Kier molecular flexibility index (Phi) is 1.85. The summed E-state index contributed by atoms with van der Waals surface area (Å²) < 4.78 is 0. The van der Waals surface area contributed by atoms with Gasteiger partial charge in [0.2, 0.25) is 0 Å². The van der Waals surface area contributed by atoms with Gasteiger partial charge in [-0.05, 0) is 0 Å². The van der Waals surface area contributed by atoms with E-state index in [-0.39, 0.29) is 12.1 Å². The summed E-state index contributed by atoms with van der Waals surface area (Å²) in [4.78, 5) is 18.9. The zero-order chi connectivity index (χ0) is 5.98. The standard InChI is InChI=1S/C4H5BrO3/c5-2-3-1-4(6)8-7-3/h3H,1-2H2. The summed E-state index contributed by atoms with van der Waals surface area (Å²) in [5, 5.41) is 0.652. The number of hydrogen-bond acceptors (Lipinski definition) is 3. The number of halogens is 1. The van der Waals surface area contributed by atoms with Crippen molar-refractivity contribution < 1.29 is 14.6 Å². The van der Waals surface area contributed by atoms with Crippen LogP contribution in [0.3, 0.4) is 0 Å². The van der Waals surface area contributed by atoms with E-state index < -0.39 is 0 Å². The molecule has 1 unspecified atom stereocenters. The summed E-state index contributed by atoms with van der Waals surface area (Å²) in [5.41, 5.74) is 0. The molecule has 0 bridgehead atoms. The Morgan fingerprint density at radius 1 is 1.88 bits per heavy atom. The molecule has 46 valence electrons. The zero-order valence-electron chi connectivity index (χ0n) is 4.09. The van der Waals surface area contributed by atoms with Crippen molar-refractivity contribution in [3.63, 3.8) is 0 Å². The second-order valence-corrected chi connectivity index (χ2v) is 2.18. The van der Waals surface area contributed by atoms with Crippen molar-refractivity contribution in [3.05, 3.63) is 0 Å². The molecule has 1 aliphatic heterocycles. The highest BCUT2D eigenvalue weighted by Gasteiger charge is 2.24. The van der Waals surface area contributed by atoms with E-state index in [0.29, 0.717) is 11.8 Å². The fourth-order valence-corrected chi connectivity index (χ4v) is 0.793. The maximum Gasteiger partial charge on any atom is 0.345 e. The first-order valence-electron chi connectivity index (χ1n) is 2.25. The van der Waals surface area contributed by atoms with E-state index >= 15 is 0 Å². The maximum atomic E-state index is 10.2. The minimum Gasteiger partial charge on any atom is -0.298 e. The molecule has 0 radical (unpaired) electrons. The molecule has 0 amide bonds. The summed E-state index contributed by atoms with van der Waals surface area (Å²) >= 11 is 3.15. The van der Waals surface area contributed by atoms with E-state index in [1.165, 1.54) is 0 Å². The normalized spacial score (nSPS) is 28.1. The summed E-state index contributed by atoms with van der Waals surface area (Å²) in [5.74, 6) is -0.283. The van der Waals surface area contributed by atoms with Crippen molar-refractivity contribution in [1.29, 1.82) is 0 Å². The third-order valence-corrected chi connectivity index (χ3v) is 1.57. The fraction of sp³-hybridized carbons (Fsp3) is 0.750. The number of rotatable bonds is 1. The minimum absolute atomic E-state index is 0.0810. The highest BCUT2D eigenvalue weighted by molar-refractivity contribution is 9.09. The van der Waals surface area contributed by atoms with Crippen LogP contribution in [0.1, 0.15) is 6.42 Å². The molecule has 8 heavy (non-hydrogen) atoms. The SMILES string of the molecule is O=C1CC(CBr)OO1. The molecule has 1 atom stereocenters. The van der Waals surface area contributed by atoms with Crippen molar-refractivity contribution in [2.45, 2.75) is 12.5 Å². The number of carbonyl (C=O) groups excluding carboxylic acids is 1. The molecule has 0 aliphatic carbocycles. The van der Waals surface area contributed by atoms with E-state index in [2.05, 4.69) is 25.7 Å². The lowest BCUT2D eigenvalue weighted by atomic mass is 10.3. The molecule has 1 heterocycles. The van der Waals surface area contributed by atoms with Gasteiger partial charge >= 0.3 is 5.97 Å². The van der Waals surface area contributed by atoms with Crippen LogP contribution in [-0.2, 0) is 14.6 Å². The van der Waals surface area contributed by atoms with Gasteiger partial charge in [0.15, 0.2) is 0 Å². The molecule has 1 saturated heterocycles. The molecule has 0 aromatic carbocycles. The fourth-order valence-electron chi connectivity index (χ4n) is 0.456. The lowest BCUT2D eigenvalue weighted by Gasteiger charge is -1.94. The topological polar surface area (TPSA) is 35.5 Å². The van der Waals surface area contributed by atoms with E-state index in [0.717, 1.165) is 0 Å². The first-order valence-corrected chi connectivity index (χ1v) is 3.37. The summed E-state index contributed by atoms with van der Waals surface area (Å²) in [7, 11) is 0. The predicted molar refractivity (Wildman–Crippen MR) is 29.4 cm³/mol. The molecule has 1 aliphatic rings. The molecule has 1 rings (SSSR count). The van der Waals surface area contributed by atoms with Crippen LogP contribution in [0, 0.1) is 0 Å². The Morgan fingerprint density at radius 2 is 2.62 bits per heavy atom. The molecule has 1 fully saturated rings. The second-order valence-electron chi connectivity index (χ2n) is 1.53. The molecule has 4 heteroatoms. The summed E-state index contributed by atoms with van der Waals surface area (Å²) in [6.07, 6.45) is 0.285. The quantitative estimate of drug-likeness (QED) is 0.439. The lowest BCUT2D eigenvalue weighted by molar-refractivity contribution is -0.257. The molecular weight excluding hydrogens is 176 g/mol. The zero-order valence-corrected chi connectivity index (χ0v) is 5.68. The van der Waals surface area contributed by atoms with E-state index in [9.17, 15) is 4.79 Å². The Bertz CT molecular complexity index is 103. The van der Waals surface area contributed by atoms with Crippen LogP contribution in [0.5, 0.6) is 0 Å². The van der Waals surface area contributed by atoms with Gasteiger partial charge in [-0.3, -0.25) is 4.89 Å². The first kappa shape index (κ1) is 6.04. The third-order valence-electron chi connectivity index (χ3n) is 0.844. The predicted octanol–water partition coefficient (Wildman–Crippen LogP) is 0.628. The lowest BCUT2D eigenvalue weighted by Crippen LogP contribution is -2.04. The minimum atomic E-state index is -0.283. The Balaban J connectivity index is 2.32. The van der Waals surface area contributed by atoms with Gasteiger partial charge in [-0.1, -0.05) is 15.9 Å². The third kappa shape index (κ3) is 1.20. The van der Waals surface area contributed by atoms with Gasteiger partial charge in [-0.2, -0.15) is 4.89 Å². The molecule has 0 spiro atoms. The summed E-state index contributed by atoms with van der Waals surface area (Å²) in [6.45, 7) is 0. The maximum absolute atomic E-state index is 10.2. The van der Waals surface area contributed by atoms with Gasteiger partial charge in [-0.15, -0.1) is 0 Å². The van der Waals surface area contributed by atoms with Gasteiger partial charge in [0.05, 0.1) is 6.42 Å². The van der Waals surface area contributed by atoms with Gasteiger partial charge in [0.25, 0.3) is 0 Å². The number of alkyl halides is 1. The van der Waals surface area contributed by atoms with Gasteiger partial charge in [0.1, 0.15) is 6.10 Å². The Morgan fingerprint density at radius 3 is 2.88 bits per heavy atom. The van der Waals surface area contributed by atoms with E-state index in [1.54, 1.807) is 0 Å². The molecule has 0 saturated carbocycles. The molecule has 3 nitrogen and oxygen atoms in total. The van der Waals surface area contributed by atoms with Crippen molar-refractivity contribution in [3.8, 4) is 0 Å². The van der Waals surface area contributed by atoms with Crippen molar-refractivity contribution in [1.82, 2.24) is 0 Å². The van der Waals surface area contributed by atoms with Crippen LogP contribution in [-0.4, -0.2) is 17.4 Å². The van der Waals surface area contributed by atoms with E-state index in [4.69, 9.17) is 0 Å². The van der Waals surface area contributed by atoms with Crippen molar-refractivity contribution >= 4 is 21.9 Å². The second kappa shape index (κ2) is 2.46. The molecular formula is C4H5BrO3. The molecule has 0 N–H and O–H groups in total. The van der Waals surface area contributed by atoms with Crippen LogP contribution in [0.4, 0.5) is 0 Å². The monoisotopic (exact) mass is 180 g/mol. The number of hydrogen-bond donors (Lipinski definition) is 0. The van der Waals surface area contributed by atoms with E-state index in [1.807, 2.05) is 0 Å². The largest absolute Gasteiger partial charge is 0.345 e. The van der Waals surface area contributed by atoms with Crippen LogP contribution < -0.4 is 0 Å². The smallest absolute Gasteiger partial charge is 0.298 e. The Hall–Kier alpha value is -0.0900. The first-order chi connectivity index (χ1) is 3.83. The highest BCUT2D eigenvalue weighted by atomic mass is 79.9. The van der Waals surface area contributed by atoms with Gasteiger partial charge < -0.3 is 0 Å². The van der Waals surface area contributed by atoms with Gasteiger partial charge in [-0.25, -0.2) is 4.79 Å². The Labute approximate surface area is 55.0 Å². The molecule has 0 aromatic rings. The van der Waals surface area contributed by atoms with Crippen LogP contribution >= 0.6 is 15.9 Å². The average Bonchev–Trinajstić information content (AvgIpc) is 2.14. The summed E-state index contributed by atoms with van der Waals surface area (Å²) in [6, 6.07) is 0. The number of carbonyl (C=O) groups is 1. The van der Waals surface area contributed by atoms with Crippen molar-refractivity contribution in [2.75, 3.05) is 5.33 Å². The molecule has 0 aromatic heterocycles. The average molecular weight is 181 g/mol. The van der Waals surface area contributed by atoms with Crippen molar-refractivity contribution in [2.24, 2.45) is 0 Å². The van der Waals surface area contributed by atoms with Crippen LogP contribution in [0.15, 0.2) is 0 Å². The van der Waals surface area contributed by atoms with Crippen LogP contribution in [0.2, 0.25) is 0 Å².